The van der Waals surface area contributed by atoms with Gasteiger partial charge in [0.05, 0.1) is 19.3 Å². The first-order valence-corrected chi connectivity index (χ1v) is 6.68. The summed E-state index contributed by atoms with van der Waals surface area (Å²) < 4.78 is 24.4. The fourth-order valence-electron chi connectivity index (χ4n) is 2.24. The van der Waals surface area contributed by atoms with Gasteiger partial charge in [0.25, 0.3) is 0 Å². The Kier molecular flexibility index (Phi) is 5.13. The highest BCUT2D eigenvalue weighted by molar-refractivity contribution is 5.29. The second-order valence-electron chi connectivity index (χ2n) is 4.66. The van der Waals surface area contributed by atoms with Crippen molar-refractivity contribution >= 4 is 0 Å². The van der Waals surface area contributed by atoms with Gasteiger partial charge in [-0.05, 0) is 24.6 Å². The highest BCUT2D eigenvalue weighted by Crippen LogP contribution is 2.19. The van der Waals surface area contributed by atoms with Crippen molar-refractivity contribution in [3.05, 3.63) is 29.6 Å². The minimum absolute atomic E-state index is 0.0845. The van der Waals surface area contributed by atoms with Crippen molar-refractivity contribution in [3.8, 4) is 5.75 Å². The fraction of sp³-hybridized carbons (Fsp3) is 0.571. The van der Waals surface area contributed by atoms with E-state index >= 15 is 0 Å². The van der Waals surface area contributed by atoms with Crippen molar-refractivity contribution in [3.63, 3.8) is 0 Å². The highest BCUT2D eigenvalue weighted by Gasteiger charge is 2.19. The number of rotatable bonds is 5. The van der Waals surface area contributed by atoms with Crippen LogP contribution in [0, 0.1) is 5.82 Å². The summed E-state index contributed by atoms with van der Waals surface area (Å²) >= 11 is 0. The monoisotopic (exact) mass is 268 g/mol. The molecule has 0 aromatic heterocycles. The highest BCUT2D eigenvalue weighted by atomic mass is 19.1. The maximum Gasteiger partial charge on any atom is 0.165 e. The van der Waals surface area contributed by atoms with Crippen molar-refractivity contribution < 1.29 is 13.9 Å². The Morgan fingerprint density at radius 2 is 2.37 bits per heavy atom. The van der Waals surface area contributed by atoms with Gasteiger partial charge in [0.15, 0.2) is 11.6 Å². The molecule has 1 aromatic carbocycles. The Bertz CT molecular complexity index is 414. The molecule has 2 rings (SSSR count). The molecule has 0 radical (unpaired) electrons. The van der Waals surface area contributed by atoms with Gasteiger partial charge in [-0.1, -0.05) is 6.07 Å². The Balaban J connectivity index is 1.97. The van der Waals surface area contributed by atoms with Gasteiger partial charge in [-0.25, -0.2) is 4.39 Å². The first-order valence-electron chi connectivity index (χ1n) is 6.68. The van der Waals surface area contributed by atoms with Crippen LogP contribution in [0.4, 0.5) is 4.39 Å². The third-order valence-corrected chi connectivity index (χ3v) is 3.19. The molecule has 1 fully saturated rings. The van der Waals surface area contributed by atoms with Crippen LogP contribution in [0.25, 0.3) is 0 Å². The third-order valence-electron chi connectivity index (χ3n) is 3.19. The molecule has 1 atom stereocenters. The van der Waals surface area contributed by atoms with Gasteiger partial charge in [-0.3, -0.25) is 4.90 Å². The summed E-state index contributed by atoms with van der Waals surface area (Å²) in [5.41, 5.74) is 6.55. The molecule has 1 unspecified atom stereocenters. The van der Waals surface area contributed by atoms with Crippen molar-refractivity contribution in [2.24, 2.45) is 5.73 Å². The molecule has 0 spiro atoms. The molecule has 1 aliphatic heterocycles. The lowest BCUT2D eigenvalue weighted by molar-refractivity contribution is -0.0260. The molecule has 4 nitrogen and oxygen atoms in total. The SMILES string of the molecule is CCOc1ccc(CN2CCOC(CN)C2)cc1F. The van der Waals surface area contributed by atoms with Gasteiger partial charge >= 0.3 is 0 Å². The Labute approximate surface area is 113 Å². The Morgan fingerprint density at radius 1 is 1.53 bits per heavy atom. The van der Waals surface area contributed by atoms with E-state index in [0.717, 1.165) is 18.7 Å². The van der Waals surface area contributed by atoms with E-state index in [1.54, 1.807) is 6.07 Å². The molecule has 1 aromatic rings. The third kappa shape index (κ3) is 3.89. The molecule has 106 valence electrons. The number of nitrogens with zero attached hydrogens (tertiary/aromatic N) is 1. The number of nitrogens with two attached hydrogens (primary N) is 1. The van der Waals surface area contributed by atoms with E-state index in [0.29, 0.717) is 32.1 Å². The number of ether oxygens (including phenoxy) is 2. The van der Waals surface area contributed by atoms with Gasteiger partial charge in [0.2, 0.25) is 0 Å². The van der Waals surface area contributed by atoms with Crippen LogP contribution in [0.15, 0.2) is 18.2 Å². The summed E-state index contributed by atoms with van der Waals surface area (Å²) in [7, 11) is 0. The minimum Gasteiger partial charge on any atom is -0.491 e. The quantitative estimate of drug-likeness (QED) is 0.876. The van der Waals surface area contributed by atoms with Crippen molar-refractivity contribution in [2.75, 3.05) is 32.8 Å². The second-order valence-corrected chi connectivity index (χ2v) is 4.66. The number of hydrogen-bond donors (Lipinski definition) is 1. The van der Waals surface area contributed by atoms with E-state index in [1.165, 1.54) is 6.07 Å². The largest absolute Gasteiger partial charge is 0.491 e. The molecule has 1 saturated heterocycles. The van der Waals surface area contributed by atoms with Gasteiger partial charge in [-0.15, -0.1) is 0 Å². The normalized spacial score (nSPS) is 20.5. The van der Waals surface area contributed by atoms with Crippen LogP contribution in [-0.2, 0) is 11.3 Å². The van der Waals surface area contributed by atoms with E-state index in [-0.39, 0.29) is 11.9 Å². The number of benzene rings is 1. The van der Waals surface area contributed by atoms with Gasteiger partial charge < -0.3 is 15.2 Å². The lowest BCUT2D eigenvalue weighted by atomic mass is 10.1. The summed E-state index contributed by atoms with van der Waals surface area (Å²) in [6, 6.07) is 5.13. The molecule has 5 heteroatoms. The molecule has 0 amide bonds. The lowest BCUT2D eigenvalue weighted by Gasteiger charge is -2.32. The number of hydrogen-bond acceptors (Lipinski definition) is 4. The topological polar surface area (TPSA) is 47.7 Å². The Morgan fingerprint density at radius 3 is 3.05 bits per heavy atom. The van der Waals surface area contributed by atoms with Crippen molar-refractivity contribution in [2.45, 2.75) is 19.6 Å². The summed E-state index contributed by atoms with van der Waals surface area (Å²) in [5, 5.41) is 0. The molecule has 1 heterocycles. The van der Waals surface area contributed by atoms with Crippen molar-refractivity contribution in [1.29, 1.82) is 0 Å². The van der Waals surface area contributed by atoms with Gasteiger partial charge in [0.1, 0.15) is 0 Å². The molecule has 19 heavy (non-hydrogen) atoms. The average molecular weight is 268 g/mol. The van der Waals surface area contributed by atoms with Crippen molar-refractivity contribution in [1.82, 2.24) is 4.90 Å². The predicted octanol–water partition coefficient (Wildman–Crippen LogP) is 1.38. The van der Waals surface area contributed by atoms with Gasteiger partial charge in [-0.2, -0.15) is 0 Å². The lowest BCUT2D eigenvalue weighted by Crippen LogP contribution is -2.45. The molecular formula is C14H21FN2O2. The van der Waals surface area contributed by atoms with Crippen LogP contribution in [0.5, 0.6) is 5.75 Å². The van der Waals surface area contributed by atoms with E-state index in [4.69, 9.17) is 15.2 Å². The van der Waals surface area contributed by atoms with E-state index in [1.807, 2.05) is 13.0 Å². The standard InChI is InChI=1S/C14H21FN2O2/c1-2-18-14-4-3-11(7-13(14)15)9-17-5-6-19-12(8-16)10-17/h3-4,7,12H,2,5-6,8-10,16H2,1H3. The molecule has 0 aliphatic carbocycles. The number of morpholine rings is 1. The summed E-state index contributed by atoms with van der Waals surface area (Å²) in [6.07, 6.45) is 0.0845. The van der Waals surface area contributed by atoms with Crippen LogP contribution in [0.3, 0.4) is 0 Å². The average Bonchev–Trinajstić information content (AvgIpc) is 2.42. The molecule has 0 saturated carbocycles. The maximum absolute atomic E-state index is 13.7. The Hall–Kier alpha value is -1.17. The smallest absolute Gasteiger partial charge is 0.165 e. The van der Waals surface area contributed by atoms with Crippen LogP contribution in [-0.4, -0.2) is 43.9 Å². The van der Waals surface area contributed by atoms with Crippen LogP contribution in [0.1, 0.15) is 12.5 Å². The van der Waals surface area contributed by atoms with Crippen LogP contribution >= 0.6 is 0 Å². The van der Waals surface area contributed by atoms with E-state index in [2.05, 4.69) is 4.90 Å². The summed E-state index contributed by atoms with van der Waals surface area (Å²) in [4.78, 5) is 2.23. The molecule has 2 N–H and O–H groups in total. The second kappa shape index (κ2) is 6.84. The van der Waals surface area contributed by atoms with E-state index in [9.17, 15) is 4.39 Å². The maximum atomic E-state index is 13.7. The summed E-state index contributed by atoms with van der Waals surface area (Å²) in [5.74, 6) is 0.0102. The minimum atomic E-state index is -0.303. The molecular weight excluding hydrogens is 247 g/mol. The first kappa shape index (κ1) is 14.2. The predicted molar refractivity (Wildman–Crippen MR) is 71.6 cm³/mol. The zero-order valence-corrected chi connectivity index (χ0v) is 11.3. The molecule has 0 bridgehead atoms. The van der Waals surface area contributed by atoms with Crippen LogP contribution in [0.2, 0.25) is 0 Å². The number of halogens is 1. The molecule has 1 aliphatic rings. The van der Waals surface area contributed by atoms with Gasteiger partial charge in [0, 0.05) is 26.2 Å². The van der Waals surface area contributed by atoms with E-state index < -0.39 is 0 Å². The first-order chi connectivity index (χ1) is 9.22. The zero-order valence-electron chi connectivity index (χ0n) is 11.3. The van der Waals surface area contributed by atoms with Crippen LogP contribution < -0.4 is 10.5 Å². The summed E-state index contributed by atoms with van der Waals surface area (Å²) in [6.45, 7) is 5.88. The fourth-order valence-corrected chi connectivity index (χ4v) is 2.24. The zero-order chi connectivity index (χ0) is 13.7.